The molecule has 3 heterocycles. The summed E-state index contributed by atoms with van der Waals surface area (Å²) in [6.07, 6.45) is 5.66. The number of rotatable bonds is 4. The van der Waals surface area contributed by atoms with Gasteiger partial charge in [0.25, 0.3) is 0 Å². The highest BCUT2D eigenvalue weighted by molar-refractivity contribution is 5.23. The molecule has 2 aromatic rings. The normalized spacial score (nSPS) is 19.1. The zero-order valence-corrected chi connectivity index (χ0v) is 13.0. The van der Waals surface area contributed by atoms with Crippen molar-refractivity contribution >= 4 is 5.95 Å². The van der Waals surface area contributed by atoms with Crippen molar-refractivity contribution in [1.82, 2.24) is 19.9 Å². The first-order valence-electron chi connectivity index (χ1n) is 7.50. The second-order valence-corrected chi connectivity index (χ2v) is 5.52. The highest BCUT2D eigenvalue weighted by Gasteiger charge is 2.23. The van der Waals surface area contributed by atoms with Crippen LogP contribution in [0.2, 0.25) is 0 Å². The number of ether oxygens (including phenoxy) is 1. The van der Waals surface area contributed by atoms with E-state index in [2.05, 4.69) is 31.2 Å². The third kappa shape index (κ3) is 3.58. The van der Waals surface area contributed by atoms with Crippen LogP contribution in [-0.4, -0.2) is 46.6 Å². The number of nitrogens with one attached hydrogen (secondary N) is 1. The van der Waals surface area contributed by atoms with Crippen LogP contribution >= 0.6 is 0 Å². The number of anilines is 1. The van der Waals surface area contributed by atoms with Crippen LogP contribution in [0.5, 0.6) is 0 Å². The Bertz CT molecular complexity index is 599. The van der Waals surface area contributed by atoms with Crippen molar-refractivity contribution in [2.45, 2.75) is 19.6 Å². The Labute approximate surface area is 130 Å². The maximum Gasteiger partial charge on any atom is 0.222 e. The maximum atomic E-state index is 5.86. The second kappa shape index (κ2) is 6.81. The number of aryl methyl sites for hydroxylation is 1. The molecule has 1 aliphatic heterocycles. The van der Waals surface area contributed by atoms with Crippen LogP contribution in [-0.2, 0) is 11.3 Å². The Morgan fingerprint density at radius 1 is 1.23 bits per heavy atom. The van der Waals surface area contributed by atoms with Crippen molar-refractivity contribution < 1.29 is 4.74 Å². The summed E-state index contributed by atoms with van der Waals surface area (Å²) >= 11 is 0. The molecule has 0 bridgehead atoms. The van der Waals surface area contributed by atoms with Gasteiger partial charge < -0.3 is 10.1 Å². The van der Waals surface area contributed by atoms with E-state index in [4.69, 9.17) is 4.74 Å². The van der Waals surface area contributed by atoms with Gasteiger partial charge >= 0.3 is 0 Å². The minimum Gasteiger partial charge on any atom is -0.369 e. The van der Waals surface area contributed by atoms with Crippen molar-refractivity contribution in [3.8, 4) is 0 Å². The van der Waals surface area contributed by atoms with E-state index in [1.54, 1.807) is 0 Å². The second-order valence-electron chi connectivity index (χ2n) is 5.52. The summed E-state index contributed by atoms with van der Waals surface area (Å²) in [5, 5.41) is 2.93. The Morgan fingerprint density at radius 2 is 2.05 bits per heavy atom. The lowest BCUT2D eigenvalue weighted by Gasteiger charge is -2.32. The molecular formula is C16H21N5O. The molecule has 116 valence electrons. The highest BCUT2D eigenvalue weighted by atomic mass is 16.5. The predicted molar refractivity (Wildman–Crippen MR) is 84.5 cm³/mol. The van der Waals surface area contributed by atoms with Gasteiger partial charge in [0, 0.05) is 50.8 Å². The lowest BCUT2D eigenvalue weighted by Crippen LogP contribution is -2.38. The third-order valence-corrected chi connectivity index (χ3v) is 3.75. The van der Waals surface area contributed by atoms with Crippen LogP contribution in [0.1, 0.15) is 22.9 Å². The molecule has 0 aromatic carbocycles. The molecule has 3 rings (SSSR count). The molecule has 0 amide bonds. The summed E-state index contributed by atoms with van der Waals surface area (Å²) in [6, 6.07) is 4.13. The van der Waals surface area contributed by atoms with E-state index in [-0.39, 0.29) is 6.10 Å². The monoisotopic (exact) mass is 299 g/mol. The molecule has 1 unspecified atom stereocenters. The minimum atomic E-state index is 0.0341. The van der Waals surface area contributed by atoms with Gasteiger partial charge in [-0.05, 0) is 18.6 Å². The average Bonchev–Trinajstić information content (AvgIpc) is 2.56. The molecule has 0 aliphatic carbocycles. The van der Waals surface area contributed by atoms with Gasteiger partial charge in [0.05, 0.1) is 12.3 Å². The smallest absolute Gasteiger partial charge is 0.222 e. The number of pyridine rings is 1. The van der Waals surface area contributed by atoms with E-state index in [1.165, 1.54) is 0 Å². The molecule has 1 aliphatic rings. The molecule has 0 spiro atoms. The molecule has 0 radical (unpaired) electrons. The van der Waals surface area contributed by atoms with Crippen molar-refractivity contribution in [1.29, 1.82) is 0 Å². The quantitative estimate of drug-likeness (QED) is 0.929. The van der Waals surface area contributed by atoms with Crippen LogP contribution in [0.3, 0.4) is 0 Å². The predicted octanol–water partition coefficient (Wildman–Crippen LogP) is 1.80. The summed E-state index contributed by atoms with van der Waals surface area (Å²) < 4.78 is 5.86. The lowest BCUT2D eigenvalue weighted by atomic mass is 10.1. The van der Waals surface area contributed by atoms with E-state index < -0.39 is 0 Å². The molecule has 1 fully saturated rings. The maximum absolute atomic E-state index is 5.86. The molecule has 0 saturated carbocycles. The third-order valence-electron chi connectivity index (χ3n) is 3.75. The van der Waals surface area contributed by atoms with E-state index in [1.807, 2.05) is 38.6 Å². The van der Waals surface area contributed by atoms with Crippen molar-refractivity contribution in [3.63, 3.8) is 0 Å². The van der Waals surface area contributed by atoms with E-state index in [0.29, 0.717) is 5.95 Å². The van der Waals surface area contributed by atoms with Gasteiger partial charge in [0.1, 0.15) is 6.10 Å². The fourth-order valence-electron chi connectivity index (χ4n) is 2.52. The summed E-state index contributed by atoms with van der Waals surface area (Å²) in [6.45, 7) is 5.34. The summed E-state index contributed by atoms with van der Waals surface area (Å²) in [5.74, 6) is 0.646. The highest BCUT2D eigenvalue weighted by Crippen LogP contribution is 2.21. The van der Waals surface area contributed by atoms with Crippen molar-refractivity contribution in [2.24, 2.45) is 0 Å². The van der Waals surface area contributed by atoms with Gasteiger partial charge in [0.2, 0.25) is 5.95 Å². The van der Waals surface area contributed by atoms with Crippen LogP contribution in [0.15, 0.2) is 30.7 Å². The Kier molecular flexibility index (Phi) is 4.60. The molecule has 1 saturated heterocycles. The van der Waals surface area contributed by atoms with Gasteiger partial charge in [-0.25, -0.2) is 9.97 Å². The first kappa shape index (κ1) is 14.9. The first-order chi connectivity index (χ1) is 10.7. The van der Waals surface area contributed by atoms with Gasteiger partial charge in [-0.15, -0.1) is 0 Å². The van der Waals surface area contributed by atoms with Crippen LogP contribution in [0, 0.1) is 6.92 Å². The zero-order valence-electron chi connectivity index (χ0n) is 13.0. The van der Waals surface area contributed by atoms with Gasteiger partial charge in [-0.3, -0.25) is 9.88 Å². The number of aromatic nitrogens is 3. The number of nitrogens with zero attached hydrogens (tertiary/aromatic N) is 4. The SMILES string of the molecule is CNc1ncc(CN2CCOC(c3ccc(C)cn3)C2)cn1. The van der Waals surface area contributed by atoms with Crippen LogP contribution in [0.25, 0.3) is 0 Å². The molecule has 2 aromatic heterocycles. The topological polar surface area (TPSA) is 63.2 Å². The van der Waals surface area contributed by atoms with E-state index in [0.717, 1.165) is 43.1 Å². The molecule has 6 nitrogen and oxygen atoms in total. The molecule has 1 atom stereocenters. The van der Waals surface area contributed by atoms with E-state index in [9.17, 15) is 0 Å². The van der Waals surface area contributed by atoms with E-state index >= 15 is 0 Å². The number of hydrogen-bond donors (Lipinski definition) is 1. The average molecular weight is 299 g/mol. The fraction of sp³-hybridized carbons (Fsp3) is 0.438. The first-order valence-corrected chi connectivity index (χ1v) is 7.50. The van der Waals surface area contributed by atoms with Crippen molar-refractivity contribution in [3.05, 3.63) is 47.5 Å². The Balaban J connectivity index is 1.63. The molecule has 1 N–H and O–H groups in total. The number of hydrogen-bond acceptors (Lipinski definition) is 6. The van der Waals surface area contributed by atoms with Crippen LogP contribution in [0.4, 0.5) is 5.95 Å². The zero-order chi connectivity index (χ0) is 15.4. The van der Waals surface area contributed by atoms with Crippen molar-refractivity contribution in [2.75, 3.05) is 32.1 Å². The fourth-order valence-corrected chi connectivity index (χ4v) is 2.52. The largest absolute Gasteiger partial charge is 0.369 e. The van der Waals surface area contributed by atoms with Gasteiger partial charge in [-0.2, -0.15) is 0 Å². The minimum absolute atomic E-state index is 0.0341. The van der Waals surface area contributed by atoms with Gasteiger partial charge in [-0.1, -0.05) is 6.07 Å². The lowest BCUT2D eigenvalue weighted by molar-refractivity contribution is -0.0350. The molecule has 6 heteroatoms. The van der Waals surface area contributed by atoms with Gasteiger partial charge in [0.15, 0.2) is 0 Å². The van der Waals surface area contributed by atoms with Crippen LogP contribution < -0.4 is 5.32 Å². The standard InChI is InChI=1S/C16H21N5O/c1-12-3-4-14(18-7-12)15-11-21(5-6-22-15)10-13-8-19-16(17-2)20-9-13/h3-4,7-9,15H,5-6,10-11H2,1-2H3,(H,17,19,20). The Hall–Kier alpha value is -2.05. The Morgan fingerprint density at radius 3 is 2.73 bits per heavy atom. The summed E-state index contributed by atoms with van der Waals surface area (Å²) in [7, 11) is 1.82. The number of morpholine rings is 1. The summed E-state index contributed by atoms with van der Waals surface area (Å²) in [4.78, 5) is 15.4. The summed E-state index contributed by atoms with van der Waals surface area (Å²) in [5.41, 5.74) is 3.27. The molecule has 22 heavy (non-hydrogen) atoms. The molecular weight excluding hydrogens is 278 g/mol.